The molecule has 7 heteroatoms. The number of thiophene rings is 1. The topological polar surface area (TPSA) is 98.2 Å². The van der Waals surface area contributed by atoms with Gasteiger partial charge in [0.1, 0.15) is 15.5 Å². The van der Waals surface area contributed by atoms with Crippen LogP contribution < -0.4 is 11.4 Å². The van der Waals surface area contributed by atoms with E-state index >= 15 is 0 Å². The molecule has 6 nitrogen and oxygen atoms in total. The van der Waals surface area contributed by atoms with Crippen molar-refractivity contribution in [1.82, 2.24) is 9.66 Å². The molecule has 0 saturated carbocycles. The lowest BCUT2D eigenvalue weighted by atomic mass is 10.1. The predicted molar refractivity (Wildman–Crippen MR) is 89.7 cm³/mol. The summed E-state index contributed by atoms with van der Waals surface area (Å²) in [6.07, 6.45) is 0.405. The van der Waals surface area contributed by atoms with Gasteiger partial charge >= 0.3 is 5.97 Å². The zero-order valence-electron chi connectivity index (χ0n) is 12.7. The molecule has 0 fully saturated rings. The van der Waals surface area contributed by atoms with Gasteiger partial charge in [-0.15, -0.1) is 11.3 Å². The molecule has 23 heavy (non-hydrogen) atoms. The summed E-state index contributed by atoms with van der Waals surface area (Å²) in [4.78, 5) is 28.7. The minimum absolute atomic E-state index is 0.123. The van der Waals surface area contributed by atoms with E-state index in [-0.39, 0.29) is 10.3 Å². The normalized spacial score (nSPS) is 11.0. The van der Waals surface area contributed by atoms with E-state index in [4.69, 9.17) is 5.84 Å². The number of hydrogen-bond acceptors (Lipinski definition) is 5. The van der Waals surface area contributed by atoms with Crippen LogP contribution in [0.5, 0.6) is 0 Å². The van der Waals surface area contributed by atoms with Crippen molar-refractivity contribution in [2.45, 2.75) is 20.3 Å². The lowest BCUT2D eigenvalue weighted by molar-refractivity contribution is 0.0701. The molecular formula is C16H15N3O3S. The number of nitrogen functional groups attached to an aromatic ring is 1. The third-order valence-electron chi connectivity index (χ3n) is 3.71. The maximum absolute atomic E-state index is 12.5. The number of fused-ring (bicyclic) bond motifs is 1. The molecule has 118 valence electrons. The highest BCUT2D eigenvalue weighted by Crippen LogP contribution is 2.27. The highest BCUT2D eigenvalue weighted by Gasteiger charge is 2.20. The van der Waals surface area contributed by atoms with Gasteiger partial charge in [-0.25, -0.2) is 14.5 Å². The SMILES string of the molecule is Cc1cccc(Cc2nc3sc(C(=O)O)c(C)c3c(=O)n2N)c1. The summed E-state index contributed by atoms with van der Waals surface area (Å²) < 4.78 is 1.01. The van der Waals surface area contributed by atoms with Crippen LogP contribution in [0.25, 0.3) is 10.2 Å². The number of nitrogens with two attached hydrogens (primary N) is 1. The van der Waals surface area contributed by atoms with Gasteiger partial charge in [-0.05, 0) is 25.0 Å². The number of aromatic nitrogens is 2. The Morgan fingerprint density at radius 1 is 1.39 bits per heavy atom. The van der Waals surface area contributed by atoms with Crippen LogP contribution in [-0.2, 0) is 6.42 Å². The summed E-state index contributed by atoms with van der Waals surface area (Å²) in [6, 6.07) is 7.85. The third kappa shape index (κ3) is 2.59. The maximum Gasteiger partial charge on any atom is 0.346 e. The summed E-state index contributed by atoms with van der Waals surface area (Å²) in [7, 11) is 0. The second kappa shape index (κ2) is 5.51. The summed E-state index contributed by atoms with van der Waals surface area (Å²) in [6.45, 7) is 3.59. The molecule has 0 radical (unpaired) electrons. The van der Waals surface area contributed by atoms with E-state index in [9.17, 15) is 14.7 Å². The van der Waals surface area contributed by atoms with E-state index in [1.165, 1.54) is 0 Å². The second-order valence-corrected chi connectivity index (χ2v) is 6.41. The molecule has 1 aromatic carbocycles. The van der Waals surface area contributed by atoms with Crippen LogP contribution in [0.4, 0.5) is 0 Å². The molecule has 3 N–H and O–H groups in total. The summed E-state index contributed by atoms with van der Waals surface area (Å²) in [5, 5.41) is 9.48. The minimum atomic E-state index is -1.06. The number of nitrogens with zero attached hydrogens (tertiary/aromatic N) is 2. The summed E-state index contributed by atoms with van der Waals surface area (Å²) in [5.41, 5.74) is 2.09. The first-order chi connectivity index (χ1) is 10.9. The first-order valence-corrected chi connectivity index (χ1v) is 7.79. The van der Waals surface area contributed by atoms with Gasteiger partial charge in [-0.2, -0.15) is 0 Å². The van der Waals surface area contributed by atoms with Crippen molar-refractivity contribution in [3.63, 3.8) is 0 Å². The quantitative estimate of drug-likeness (QED) is 0.717. The molecule has 3 rings (SSSR count). The first-order valence-electron chi connectivity index (χ1n) is 6.97. The molecule has 0 saturated heterocycles. The Kier molecular flexibility index (Phi) is 3.65. The van der Waals surface area contributed by atoms with E-state index in [1.807, 2.05) is 31.2 Å². The Morgan fingerprint density at radius 3 is 2.78 bits per heavy atom. The van der Waals surface area contributed by atoms with Crippen LogP contribution in [0.3, 0.4) is 0 Å². The molecule has 2 heterocycles. The van der Waals surface area contributed by atoms with Crippen LogP contribution in [0, 0.1) is 13.8 Å². The molecule has 0 atom stereocenters. The number of aromatic carboxylic acids is 1. The zero-order chi connectivity index (χ0) is 16.7. The standard InChI is InChI=1S/C16H15N3O3S/c1-8-4-3-5-10(6-8)7-11-18-14-12(15(20)19(11)17)9(2)13(23-14)16(21)22/h3-6H,7,17H2,1-2H3,(H,21,22). The van der Waals surface area contributed by atoms with Crippen molar-refractivity contribution in [3.05, 3.63) is 62.0 Å². The van der Waals surface area contributed by atoms with E-state index < -0.39 is 11.5 Å². The van der Waals surface area contributed by atoms with Crippen molar-refractivity contribution in [1.29, 1.82) is 0 Å². The Hall–Kier alpha value is -2.67. The third-order valence-corrected chi connectivity index (χ3v) is 4.88. The first kappa shape index (κ1) is 15.2. The van der Waals surface area contributed by atoms with Crippen LogP contribution in [-0.4, -0.2) is 20.7 Å². The molecule has 0 amide bonds. The predicted octanol–water partition coefficient (Wildman–Crippen LogP) is 2.08. The lowest BCUT2D eigenvalue weighted by Gasteiger charge is -2.08. The van der Waals surface area contributed by atoms with Gasteiger partial charge in [0.25, 0.3) is 5.56 Å². The van der Waals surface area contributed by atoms with Gasteiger partial charge < -0.3 is 10.9 Å². The molecular weight excluding hydrogens is 314 g/mol. The largest absolute Gasteiger partial charge is 0.477 e. The number of aryl methyl sites for hydroxylation is 2. The Balaban J connectivity index is 2.17. The number of carbonyl (C=O) groups is 1. The van der Waals surface area contributed by atoms with Gasteiger partial charge in [-0.1, -0.05) is 29.8 Å². The lowest BCUT2D eigenvalue weighted by Crippen LogP contribution is -2.31. The average Bonchev–Trinajstić information content (AvgIpc) is 2.81. The fourth-order valence-corrected chi connectivity index (χ4v) is 3.60. The van der Waals surface area contributed by atoms with E-state index in [0.717, 1.165) is 27.1 Å². The van der Waals surface area contributed by atoms with Crippen molar-refractivity contribution in [2.24, 2.45) is 0 Å². The van der Waals surface area contributed by atoms with E-state index in [2.05, 4.69) is 4.98 Å². The summed E-state index contributed by atoms with van der Waals surface area (Å²) >= 11 is 1.00. The van der Waals surface area contributed by atoms with Crippen molar-refractivity contribution >= 4 is 27.5 Å². The smallest absolute Gasteiger partial charge is 0.346 e. The number of benzene rings is 1. The molecule has 0 aliphatic carbocycles. The van der Waals surface area contributed by atoms with Crippen LogP contribution in [0.2, 0.25) is 0 Å². The number of rotatable bonds is 3. The number of carboxylic acids is 1. The molecule has 0 bridgehead atoms. The monoisotopic (exact) mass is 329 g/mol. The molecule has 2 aromatic heterocycles. The Labute approximate surface area is 135 Å². The van der Waals surface area contributed by atoms with Crippen LogP contribution in [0.15, 0.2) is 29.1 Å². The van der Waals surface area contributed by atoms with Gasteiger partial charge in [0, 0.05) is 6.42 Å². The van der Waals surface area contributed by atoms with Crippen LogP contribution in [0.1, 0.15) is 32.2 Å². The van der Waals surface area contributed by atoms with Gasteiger partial charge in [0.15, 0.2) is 0 Å². The number of hydrogen-bond donors (Lipinski definition) is 2. The Morgan fingerprint density at radius 2 is 2.13 bits per heavy atom. The summed E-state index contributed by atoms with van der Waals surface area (Å²) in [5.74, 6) is 5.23. The Bertz CT molecular complexity index is 988. The molecule has 3 aromatic rings. The molecule has 0 aliphatic rings. The van der Waals surface area contributed by atoms with E-state index in [1.54, 1.807) is 6.92 Å². The van der Waals surface area contributed by atoms with Crippen LogP contribution >= 0.6 is 11.3 Å². The highest BCUT2D eigenvalue weighted by molar-refractivity contribution is 7.20. The molecule has 0 spiro atoms. The van der Waals surface area contributed by atoms with Crippen molar-refractivity contribution in [2.75, 3.05) is 5.84 Å². The number of carboxylic acid groups (broad SMARTS) is 1. The highest BCUT2D eigenvalue weighted by atomic mass is 32.1. The maximum atomic E-state index is 12.5. The average molecular weight is 329 g/mol. The minimum Gasteiger partial charge on any atom is -0.477 e. The fourth-order valence-electron chi connectivity index (χ4n) is 2.57. The van der Waals surface area contributed by atoms with Gasteiger partial charge in [0.05, 0.1) is 5.39 Å². The van der Waals surface area contributed by atoms with Gasteiger partial charge in [-0.3, -0.25) is 4.79 Å². The second-order valence-electron chi connectivity index (χ2n) is 5.41. The van der Waals surface area contributed by atoms with Crippen molar-refractivity contribution < 1.29 is 9.90 Å². The van der Waals surface area contributed by atoms with Gasteiger partial charge in [0.2, 0.25) is 0 Å². The van der Waals surface area contributed by atoms with Crippen molar-refractivity contribution in [3.8, 4) is 0 Å². The fraction of sp³-hybridized carbons (Fsp3) is 0.188. The van der Waals surface area contributed by atoms with E-state index in [0.29, 0.717) is 22.6 Å². The molecule has 0 aliphatic heterocycles. The molecule has 0 unspecified atom stereocenters. The zero-order valence-corrected chi connectivity index (χ0v) is 13.5.